The molecule has 0 spiro atoms. The quantitative estimate of drug-likeness (QED) is 0.439. The predicted octanol–water partition coefficient (Wildman–Crippen LogP) is 6.16. The molecule has 35 heavy (non-hydrogen) atoms. The monoisotopic (exact) mass is 507 g/mol. The van der Waals surface area contributed by atoms with Crippen molar-refractivity contribution in [3.63, 3.8) is 0 Å². The average molecular weight is 508 g/mol. The van der Waals surface area contributed by atoms with Crippen LogP contribution < -0.4 is 9.64 Å². The number of rotatable bonds is 6. The standard InChI is InChI=1S/C26H28F3NO4S/c1-16-25(2,3)20-13-19(23(31)15-26(4)8-10-35(32,33)11-9-26)21(27)14-22(20)30(16)17-6-5-7-18(12-17)34-24(28)29/h5-7,12-14,24H,1,8-11,15H2,2-4H3. The number of carbonyl (C=O) groups is 1. The number of ketones is 1. The van der Waals surface area contributed by atoms with Crippen LogP contribution in [-0.2, 0) is 15.3 Å². The highest BCUT2D eigenvalue weighted by Gasteiger charge is 2.42. The number of sulfone groups is 1. The summed E-state index contributed by atoms with van der Waals surface area (Å²) in [4.78, 5) is 14.9. The summed E-state index contributed by atoms with van der Waals surface area (Å²) in [5, 5.41) is 0. The van der Waals surface area contributed by atoms with Gasteiger partial charge in [-0.2, -0.15) is 8.78 Å². The fraction of sp³-hybridized carbons (Fsp3) is 0.423. The van der Waals surface area contributed by atoms with Crippen LogP contribution in [-0.4, -0.2) is 32.3 Å². The lowest BCUT2D eigenvalue weighted by Gasteiger charge is -2.32. The first-order valence-electron chi connectivity index (χ1n) is 11.3. The molecule has 0 saturated carbocycles. The summed E-state index contributed by atoms with van der Waals surface area (Å²) in [5.41, 5.74) is 1.01. The lowest BCUT2D eigenvalue weighted by molar-refractivity contribution is -0.0498. The van der Waals surface area contributed by atoms with Crippen LogP contribution in [0.3, 0.4) is 0 Å². The Bertz CT molecular complexity index is 1290. The van der Waals surface area contributed by atoms with Crippen molar-refractivity contribution in [1.82, 2.24) is 0 Å². The van der Waals surface area contributed by atoms with Gasteiger partial charge < -0.3 is 9.64 Å². The van der Waals surface area contributed by atoms with Crippen LogP contribution in [0.1, 0.15) is 56.0 Å². The summed E-state index contributed by atoms with van der Waals surface area (Å²) in [6.45, 7) is 6.85. The van der Waals surface area contributed by atoms with E-state index < -0.39 is 33.1 Å². The van der Waals surface area contributed by atoms with E-state index in [1.165, 1.54) is 18.2 Å². The number of ether oxygens (including phenoxy) is 1. The van der Waals surface area contributed by atoms with Gasteiger partial charge >= 0.3 is 6.61 Å². The van der Waals surface area contributed by atoms with Gasteiger partial charge in [-0.3, -0.25) is 4.79 Å². The number of allylic oxidation sites excluding steroid dienone is 1. The lowest BCUT2D eigenvalue weighted by atomic mass is 9.77. The van der Waals surface area contributed by atoms with Crippen molar-refractivity contribution in [3.8, 4) is 5.75 Å². The van der Waals surface area contributed by atoms with Crippen LogP contribution in [0.2, 0.25) is 0 Å². The van der Waals surface area contributed by atoms with Gasteiger partial charge in [0.15, 0.2) is 5.78 Å². The maximum absolute atomic E-state index is 15.3. The number of Topliss-reactive ketones (excluding diaryl/α,β-unsaturated/α-hetero) is 1. The smallest absolute Gasteiger partial charge is 0.387 e. The second kappa shape index (κ2) is 8.69. The molecule has 2 aromatic rings. The summed E-state index contributed by atoms with van der Waals surface area (Å²) in [6, 6.07) is 8.89. The van der Waals surface area contributed by atoms with E-state index in [1.54, 1.807) is 23.1 Å². The molecule has 0 atom stereocenters. The van der Waals surface area contributed by atoms with Crippen molar-refractivity contribution in [3.05, 3.63) is 65.6 Å². The van der Waals surface area contributed by atoms with E-state index in [0.29, 0.717) is 35.5 Å². The number of benzene rings is 2. The molecule has 0 N–H and O–H groups in total. The molecule has 9 heteroatoms. The van der Waals surface area contributed by atoms with Gasteiger partial charge in [0.05, 0.1) is 22.8 Å². The summed E-state index contributed by atoms with van der Waals surface area (Å²) < 4.78 is 68.8. The first kappa shape index (κ1) is 25.3. The van der Waals surface area contributed by atoms with E-state index in [-0.39, 0.29) is 35.0 Å². The molecular weight excluding hydrogens is 479 g/mol. The van der Waals surface area contributed by atoms with Gasteiger partial charge in [0.2, 0.25) is 0 Å². The fourth-order valence-corrected chi connectivity index (χ4v) is 6.64. The highest BCUT2D eigenvalue weighted by Crippen LogP contribution is 2.51. The summed E-state index contributed by atoms with van der Waals surface area (Å²) in [7, 11) is -3.09. The zero-order valence-electron chi connectivity index (χ0n) is 19.9. The van der Waals surface area contributed by atoms with Gasteiger partial charge in [-0.25, -0.2) is 12.8 Å². The number of anilines is 2. The molecule has 0 radical (unpaired) electrons. The lowest BCUT2D eigenvalue weighted by Crippen LogP contribution is -2.33. The largest absolute Gasteiger partial charge is 0.435 e. The molecule has 1 saturated heterocycles. The normalized spacial score (nSPS) is 20.1. The topological polar surface area (TPSA) is 63.7 Å². The van der Waals surface area contributed by atoms with Gasteiger partial charge in [0, 0.05) is 29.3 Å². The van der Waals surface area contributed by atoms with Gasteiger partial charge in [-0.1, -0.05) is 33.4 Å². The van der Waals surface area contributed by atoms with Crippen molar-refractivity contribution in [2.45, 2.75) is 52.1 Å². The third-order valence-electron chi connectivity index (χ3n) is 7.21. The molecule has 2 heterocycles. The van der Waals surface area contributed by atoms with Crippen LogP contribution in [0.4, 0.5) is 24.5 Å². The first-order valence-corrected chi connectivity index (χ1v) is 13.2. The Morgan fingerprint density at radius 3 is 2.43 bits per heavy atom. The Balaban J connectivity index is 1.68. The second-order valence-electron chi connectivity index (χ2n) is 10.2. The van der Waals surface area contributed by atoms with Crippen molar-refractivity contribution < 1.29 is 31.1 Å². The minimum Gasteiger partial charge on any atom is -0.435 e. The van der Waals surface area contributed by atoms with E-state index in [9.17, 15) is 22.0 Å². The second-order valence-corrected chi connectivity index (χ2v) is 12.5. The average Bonchev–Trinajstić information content (AvgIpc) is 2.94. The summed E-state index contributed by atoms with van der Waals surface area (Å²) >= 11 is 0. The van der Waals surface area contributed by atoms with Crippen molar-refractivity contribution in [2.24, 2.45) is 5.41 Å². The van der Waals surface area contributed by atoms with Crippen LogP contribution >= 0.6 is 0 Å². The molecule has 4 rings (SSSR count). The van der Waals surface area contributed by atoms with Crippen molar-refractivity contribution >= 4 is 27.0 Å². The summed E-state index contributed by atoms with van der Waals surface area (Å²) in [6.07, 6.45) is 0.776. The Morgan fingerprint density at radius 1 is 1.14 bits per heavy atom. The zero-order chi connectivity index (χ0) is 25.8. The maximum atomic E-state index is 15.3. The third-order valence-corrected chi connectivity index (χ3v) is 8.87. The molecule has 5 nitrogen and oxygen atoms in total. The number of fused-ring (bicyclic) bond motifs is 1. The van der Waals surface area contributed by atoms with E-state index in [0.717, 1.165) is 0 Å². The fourth-order valence-electron chi connectivity index (χ4n) is 4.83. The molecule has 2 aliphatic heterocycles. The van der Waals surface area contributed by atoms with Gasteiger partial charge in [0.1, 0.15) is 21.4 Å². The minimum absolute atomic E-state index is 0.0274. The maximum Gasteiger partial charge on any atom is 0.387 e. The Hall–Kier alpha value is -2.81. The van der Waals surface area contributed by atoms with Crippen molar-refractivity contribution in [1.29, 1.82) is 0 Å². The molecule has 2 aromatic carbocycles. The van der Waals surface area contributed by atoms with Gasteiger partial charge in [0.25, 0.3) is 0 Å². The molecule has 188 valence electrons. The zero-order valence-corrected chi connectivity index (χ0v) is 20.7. The molecule has 1 fully saturated rings. The Labute approximate surface area is 203 Å². The van der Waals surface area contributed by atoms with E-state index >= 15 is 4.39 Å². The predicted molar refractivity (Wildman–Crippen MR) is 129 cm³/mol. The molecule has 0 unspecified atom stereocenters. The molecular formula is C26H28F3NO4S. The van der Waals surface area contributed by atoms with Crippen LogP contribution in [0.25, 0.3) is 0 Å². The molecule has 0 aliphatic carbocycles. The number of carbonyl (C=O) groups excluding carboxylic acids is 1. The Kier molecular flexibility index (Phi) is 6.28. The highest BCUT2D eigenvalue weighted by molar-refractivity contribution is 7.91. The minimum atomic E-state index is -3.09. The van der Waals surface area contributed by atoms with Crippen LogP contribution in [0.5, 0.6) is 5.75 Å². The Morgan fingerprint density at radius 2 is 1.80 bits per heavy atom. The van der Waals surface area contributed by atoms with Gasteiger partial charge in [-0.05, 0) is 48.1 Å². The van der Waals surface area contributed by atoms with E-state index in [1.807, 2.05) is 20.8 Å². The SMILES string of the molecule is C=C1N(c2cccc(OC(F)F)c2)c2cc(F)c(C(=O)CC3(C)CCS(=O)(=O)CC3)cc2C1(C)C. The van der Waals surface area contributed by atoms with Crippen LogP contribution in [0, 0.1) is 11.2 Å². The molecule has 2 aliphatic rings. The molecule has 0 amide bonds. The highest BCUT2D eigenvalue weighted by atomic mass is 32.2. The number of nitrogens with zero attached hydrogens (tertiary/aromatic N) is 1. The van der Waals surface area contributed by atoms with Crippen LogP contribution in [0.15, 0.2) is 48.7 Å². The van der Waals surface area contributed by atoms with Gasteiger partial charge in [-0.15, -0.1) is 0 Å². The number of hydrogen-bond acceptors (Lipinski definition) is 5. The molecule has 0 aromatic heterocycles. The number of hydrogen-bond donors (Lipinski definition) is 0. The third kappa shape index (κ3) is 4.83. The van der Waals surface area contributed by atoms with E-state index in [4.69, 9.17) is 0 Å². The molecule has 0 bridgehead atoms. The summed E-state index contributed by atoms with van der Waals surface area (Å²) in [5.74, 6) is -1.05. The van der Waals surface area contributed by atoms with E-state index in [2.05, 4.69) is 11.3 Å². The number of halogens is 3. The number of alkyl halides is 2. The first-order chi connectivity index (χ1) is 16.2. The van der Waals surface area contributed by atoms with Crippen molar-refractivity contribution in [2.75, 3.05) is 16.4 Å².